The molecular weight excluding hydrogens is 419 g/mol. The lowest BCUT2D eigenvalue weighted by Crippen LogP contribution is -2.48. The van der Waals surface area contributed by atoms with E-state index in [1.54, 1.807) is 30.3 Å². The summed E-state index contributed by atoms with van der Waals surface area (Å²) in [6.07, 6.45) is -0.792. The average Bonchev–Trinajstić information content (AvgIpc) is 2.70. The molecule has 0 aliphatic rings. The average molecular weight is 443 g/mol. The number of β-amino-alcohol motifs (C(OH)–C–C–N with tert-alkyl or cyclic N) is 1. The third kappa shape index (κ3) is 8.27. The number of ether oxygens (including phenoxy) is 2. The van der Waals surface area contributed by atoms with Crippen LogP contribution < -0.4 is 26.1 Å². The lowest BCUT2D eigenvalue weighted by Gasteiger charge is -2.27. The van der Waals surface area contributed by atoms with Crippen molar-refractivity contribution < 1.29 is 14.6 Å². The number of benzene rings is 1. The summed E-state index contributed by atoms with van der Waals surface area (Å²) in [5.41, 5.74) is 2.30. The summed E-state index contributed by atoms with van der Waals surface area (Å²) in [5, 5.41) is 30.6. The highest BCUT2D eigenvalue weighted by Crippen LogP contribution is 2.22. The van der Waals surface area contributed by atoms with Gasteiger partial charge in [0.25, 0.3) is 0 Å². The standard InChI is InChI=1S/C18H23ClN6O3.ClH/c1-18(2,11-28-17-6-5-16(23-21)24-25-17)22-9-14(26)10-27-15-7-13(19)4-3-12(15)8-20;/h3-7,14,22,26H,9-11,21H2,1-2H3,(H,23,24);1H. The first kappa shape index (κ1) is 24.7. The molecule has 1 aromatic heterocycles. The largest absolute Gasteiger partial charge is 0.489 e. The molecule has 1 unspecified atom stereocenters. The van der Waals surface area contributed by atoms with Crippen molar-refractivity contribution in [1.29, 1.82) is 5.26 Å². The van der Waals surface area contributed by atoms with E-state index >= 15 is 0 Å². The molecule has 0 saturated carbocycles. The van der Waals surface area contributed by atoms with Gasteiger partial charge in [-0.15, -0.1) is 22.6 Å². The maximum absolute atomic E-state index is 10.2. The molecule has 0 saturated heterocycles. The Morgan fingerprint density at radius 2 is 2.03 bits per heavy atom. The molecule has 0 fully saturated rings. The predicted molar refractivity (Wildman–Crippen MR) is 112 cm³/mol. The number of aliphatic hydroxyl groups is 1. The molecule has 0 amide bonds. The van der Waals surface area contributed by atoms with Gasteiger partial charge in [0, 0.05) is 29.2 Å². The monoisotopic (exact) mass is 442 g/mol. The van der Waals surface area contributed by atoms with Crippen LogP contribution in [0.25, 0.3) is 0 Å². The summed E-state index contributed by atoms with van der Waals surface area (Å²) in [6, 6.07) is 10.0. The first-order valence-electron chi connectivity index (χ1n) is 8.51. The van der Waals surface area contributed by atoms with E-state index in [1.807, 2.05) is 19.9 Å². The van der Waals surface area contributed by atoms with Crippen molar-refractivity contribution in [3.8, 4) is 17.7 Å². The molecule has 5 N–H and O–H groups in total. The van der Waals surface area contributed by atoms with E-state index in [-0.39, 0.29) is 25.6 Å². The zero-order chi connectivity index (χ0) is 20.6. The summed E-state index contributed by atoms with van der Waals surface area (Å²) in [4.78, 5) is 0. The zero-order valence-electron chi connectivity index (χ0n) is 16.1. The fourth-order valence-electron chi connectivity index (χ4n) is 2.13. The van der Waals surface area contributed by atoms with Crippen LogP contribution >= 0.6 is 24.0 Å². The third-order valence-electron chi connectivity index (χ3n) is 3.68. The molecule has 2 aromatic rings. The van der Waals surface area contributed by atoms with Crippen LogP contribution in [0.4, 0.5) is 5.82 Å². The number of nitrogens with one attached hydrogen (secondary N) is 2. The Kier molecular flexibility index (Phi) is 9.88. The molecule has 0 aliphatic carbocycles. The van der Waals surface area contributed by atoms with Crippen molar-refractivity contribution in [3.05, 3.63) is 40.9 Å². The first-order chi connectivity index (χ1) is 13.3. The molecule has 9 nitrogen and oxygen atoms in total. The highest BCUT2D eigenvalue weighted by molar-refractivity contribution is 6.30. The zero-order valence-corrected chi connectivity index (χ0v) is 17.6. The number of nitriles is 1. The van der Waals surface area contributed by atoms with E-state index < -0.39 is 11.6 Å². The molecule has 11 heteroatoms. The molecule has 1 heterocycles. The lowest BCUT2D eigenvalue weighted by molar-refractivity contribution is 0.0921. The Morgan fingerprint density at radius 3 is 2.66 bits per heavy atom. The summed E-state index contributed by atoms with van der Waals surface area (Å²) in [6.45, 7) is 4.43. The Balaban J connectivity index is 0.00000420. The van der Waals surface area contributed by atoms with Gasteiger partial charge in [-0.25, -0.2) is 5.84 Å². The van der Waals surface area contributed by atoms with Crippen LogP contribution in [0.2, 0.25) is 5.02 Å². The number of nitrogens with two attached hydrogens (primary N) is 1. The van der Waals surface area contributed by atoms with E-state index in [1.165, 1.54) is 0 Å². The van der Waals surface area contributed by atoms with E-state index in [2.05, 4.69) is 20.9 Å². The van der Waals surface area contributed by atoms with Crippen molar-refractivity contribution in [2.45, 2.75) is 25.5 Å². The highest BCUT2D eigenvalue weighted by Gasteiger charge is 2.20. The topological polar surface area (TPSA) is 138 Å². The molecule has 0 spiro atoms. The number of nitrogens with zero attached hydrogens (tertiary/aromatic N) is 3. The van der Waals surface area contributed by atoms with Crippen molar-refractivity contribution in [1.82, 2.24) is 15.5 Å². The molecule has 1 atom stereocenters. The van der Waals surface area contributed by atoms with Gasteiger partial charge in [0.15, 0.2) is 5.82 Å². The minimum Gasteiger partial charge on any atom is -0.489 e. The number of anilines is 1. The van der Waals surface area contributed by atoms with Crippen LogP contribution in [0, 0.1) is 11.3 Å². The SMILES string of the molecule is CC(C)(COc1ccc(NN)nn1)NCC(O)COc1cc(Cl)ccc1C#N.Cl. The third-order valence-corrected chi connectivity index (χ3v) is 3.92. The molecular formula is C18H24Cl2N6O3. The van der Waals surface area contributed by atoms with E-state index in [4.69, 9.17) is 32.2 Å². The van der Waals surface area contributed by atoms with Crippen LogP contribution in [0.5, 0.6) is 11.6 Å². The second-order valence-electron chi connectivity index (χ2n) is 6.67. The van der Waals surface area contributed by atoms with Gasteiger partial charge >= 0.3 is 0 Å². The summed E-state index contributed by atoms with van der Waals surface area (Å²) >= 11 is 5.91. The number of hydrogen-bond acceptors (Lipinski definition) is 9. The summed E-state index contributed by atoms with van der Waals surface area (Å²) < 4.78 is 11.1. The molecule has 158 valence electrons. The fourth-order valence-corrected chi connectivity index (χ4v) is 2.29. The molecule has 29 heavy (non-hydrogen) atoms. The maximum atomic E-state index is 10.2. The van der Waals surface area contributed by atoms with E-state index in [0.29, 0.717) is 34.6 Å². The number of halogens is 2. The van der Waals surface area contributed by atoms with Crippen LogP contribution in [-0.2, 0) is 0 Å². The van der Waals surface area contributed by atoms with Crippen molar-refractivity contribution in [3.63, 3.8) is 0 Å². The molecule has 0 radical (unpaired) electrons. The van der Waals surface area contributed by atoms with Gasteiger partial charge in [-0.1, -0.05) is 11.6 Å². The van der Waals surface area contributed by atoms with Gasteiger partial charge in [0.2, 0.25) is 5.88 Å². The Morgan fingerprint density at radius 1 is 1.28 bits per heavy atom. The van der Waals surface area contributed by atoms with Crippen molar-refractivity contribution >= 4 is 29.8 Å². The van der Waals surface area contributed by atoms with Gasteiger partial charge in [0.1, 0.15) is 31.1 Å². The van der Waals surface area contributed by atoms with Crippen LogP contribution in [0.15, 0.2) is 30.3 Å². The molecule has 0 aliphatic heterocycles. The first-order valence-corrected chi connectivity index (χ1v) is 8.89. The number of aromatic nitrogens is 2. The number of rotatable bonds is 10. The minimum absolute atomic E-state index is 0. The van der Waals surface area contributed by atoms with Crippen LogP contribution in [-0.4, -0.2) is 46.7 Å². The normalized spacial score (nSPS) is 11.7. The number of nitrogen functional groups attached to an aromatic ring is 1. The predicted octanol–water partition coefficient (Wildman–Crippen LogP) is 1.90. The minimum atomic E-state index is -0.792. The van der Waals surface area contributed by atoms with E-state index in [9.17, 15) is 5.11 Å². The highest BCUT2D eigenvalue weighted by atomic mass is 35.5. The number of hydrogen-bond donors (Lipinski definition) is 4. The van der Waals surface area contributed by atoms with E-state index in [0.717, 1.165) is 0 Å². The van der Waals surface area contributed by atoms with Gasteiger partial charge in [0.05, 0.1) is 5.56 Å². The molecule has 2 rings (SSSR count). The Hall–Kier alpha value is -2.35. The second-order valence-corrected chi connectivity index (χ2v) is 7.11. The fraction of sp³-hybridized carbons (Fsp3) is 0.389. The summed E-state index contributed by atoms with van der Waals surface area (Å²) in [5.74, 6) is 6.38. The van der Waals surface area contributed by atoms with Crippen LogP contribution in [0.1, 0.15) is 19.4 Å². The Labute approximate surface area is 180 Å². The van der Waals surface area contributed by atoms with Gasteiger partial charge in [-0.05, 0) is 32.0 Å². The smallest absolute Gasteiger partial charge is 0.233 e. The molecule has 0 bridgehead atoms. The second kappa shape index (κ2) is 11.6. The Bertz CT molecular complexity index is 814. The lowest BCUT2D eigenvalue weighted by atomic mass is 10.1. The van der Waals surface area contributed by atoms with Gasteiger partial charge < -0.3 is 25.3 Å². The number of aliphatic hydroxyl groups excluding tert-OH is 1. The maximum Gasteiger partial charge on any atom is 0.233 e. The summed E-state index contributed by atoms with van der Waals surface area (Å²) in [7, 11) is 0. The number of hydrazine groups is 1. The molecule has 1 aromatic carbocycles. The van der Waals surface area contributed by atoms with Crippen molar-refractivity contribution in [2.24, 2.45) is 5.84 Å². The van der Waals surface area contributed by atoms with Crippen molar-refractivity contribution in [2.75, 3.05) is 25.2 Å². The van der Waals surface area contributed by atoms with Crippen LogP contribution in [0.3, 0.4) is 0 Å². The van der Waals surface area contributed by atoms with Gasteiger partial charge in [-0.3, -0.25) is 0 Å². The van der Waals surface area contributed by atoms with Gasteiger partial charge in [-0.2, -0.15) is 5.26 Å². The quantitative estimate of drug-likeness (QED) is 0.320.